The Morgan fingerprint density at radius 3 is 2.42 bits per heavy atom. The summed E-state index contributed by atoms with van der Waals surface area (Å²) in [6, 6.07) is 12.8. The molecule has 1 fully saturated rings. The number of rotatable bonds is 5. The lowest BCUT2D eigenvalue weighted by Gasteiger charge is -2.13. The van der Waals surface area contributed by atoms with Crippen molar-refractivity contribution in [2.75, 3.05) is 12.4 Å². The SMILES string of the molecule is COc1ccc(Br)c(C(=O)Nc2ccc(OC3CCCC3)cc2)c1. The van der Waals surface area contributed by atoms with Gasteiger partial charge in [0.05, 0.1) is 18.8 Å². The highest BCUT2D eigenvalue weighted by Gasteiger charge is 2.16. The Morgan fingerprint density at radius 2 is 1.75 bits per heavy atom. The lowest BCUT2D eigenvalue weighted by Crippen LogP contribution is -2.13. The topological polar surface area (TPSA) is 47.6 Å². The van der Waals surface area contributed by atoms with E-state index in [0.717, 1.165) is 28.8 Å². The van der Waals surface area contributed by atoms with Gasteiger partial charge in [0, 0.05) is 10.2 Å². The van der Waals surface area contributed by atoms with Gasteiger partial charge in [0.25, 0.3) is 5.91 Å². The lowest BCUT2D eigenvalue weighted by atomic mass is 10.2. The molecule has 2 aromatic rings. The fourth-order valence-electron chi connectivity index (χ4n) is 2.82. The van der Waals surface area contributed by atoms with Crippen molar-refractivity contribution >= 4 is 27.5 Å². The van der Waals surface area contributed by atoms with Crippen molar-refractivity contribution in [1.29, 1.82) is 0 Å². The number of halogens is 1. The Balaban J connectivity index is 1.66. The standard InChI is InChI=1S/C19H20BrNO3/c1-23-16-10-11-18(20)17(12-16)19(22)21-13-6-8-15(9-7-13)24-14-4-2-3-5-14/h6-12,14H,2-5H2,1H3,(H,21,22). The highest BCUT2D eigenvalue weighted by molar-refractivity contribution is 9.10. The molecule has 0 spiro atoms. The van der Waals surface area contributed by atoms with Crippen LogP contribution in [0.25, 0.3) is 0 Å². The first-order chi connectivity index (χ1) is 11.7. The highest BCUT2D eigenvalue weighted by atomic mass is 79.9. The Bertz CT molecular complexity index is 709. The number of nitrogens with one attached hydrogen (secondary N) is 1. The molecule has 126 valence electrons. The molecule has 0 atom stereocenters. The number of amides is 1. The van der Waals surface area contributed by atoms with Gasteiger partial charge >= 0.3 is 0 Å². The summed E-state index contributed by atoms with van der Waals surface area (Å²) in [5, 5.41) is 2.89. The number of ether oxygens (including phenoxy) is 2. The summed E-state index contributed by atoms with van der Waals surface area (Å²) < 4.78 is 11.8. The van der Waals surface area contributed by atoms with Crippen LogP contribution in [0.5, 0.6) is 11.5 Å². The number of carbonyl (C=O) groups is 1. The van der Waals surface area contributed by atoms with Gasteiger partial charge in [-0.15, -0.1) is 0 Å². The zero-order valence-electron chi connectivity index (χ0n) is 13.5. The van der Waals surface area contributed by atoms with Crippen LogP contribution in [0.2, 0.25) is 0 Å². The van der Waals surface area contributed by atoms with Crippen molar-refractivity contribution in [2.45, 2.75) is 31.8 Å². The molecule has 4 nitrogen and oxygen atoms in total. The van der Waals surface area contributed by atoms with Crippen LogP contribution in [0.3, 0.4) is 0 Å². The van der Waals surface area contributed by atoms with Gasteiger partial charge in [-0.1, -0.05) is 0 Å². The van der Waals surface area contributed by atoms with Crippen molar-refractivity contribution in [3.63, 3.8) is 0 Å². The molecule has 1 amide bonds. The van der Waals surface area contributed by atoms with E-state index in [9.17, 15) is 4.79 Å². The smallest absolute Gasteiger partial charge is 0.256 e. The van der Waals surface area contributed by atoms with Crippen molar-refractivity contribution in [3.05, 3.63) is 52.5 Å². The van der Waals surface area contributed by atoms with Gasteiger partial charge < -0.3 is 14.8 Å². The number of carbonyl (C=O) groups excluding carboxylic acids is 1. The van der Waals surface area contributed by atoms with Crippen molar-refractivity contribution in [3.8, 4) is 11.5 Å². The van der Waals surface area contributed by atoms with Gasteiger partial charge in [0.2, 0.25) is 0 Å². The second kappa shape index (κ2) is 7.71. The van der Waals surface area contributed by atoms with Gasteiger partial charge in [0.1, 0.15) is 11.5 Å². The van der Waals surface area contributed by atoms with Crippen LogP contribution in [0.15, 0.2) is 46.9 Å². The molecule has 0 unspecified atom stereocenters. The summed E-state index contributed by atoms with van der Waals surface area (Å²) in [4.78, 5) is 12.4. The van der Waals surface area contributed by atoms with Gasteiger partial charge in [-0.25, -0.2) is 0 Å². The normalized spacial score (nSPS) is 14.4. The quantitative estimate of drug-likeness (QED) is 0.779. The van der Waals surface area contributed by atoms with E-state index in [-0.39, 0.29) is 5.91 Å². The third-order valence-corrected chi connectivity index (χ3v) is 4.83. The van der Waals surface area contributed by atoms with E-state index in [1.54, 1.807) is 25.3 Å². The maximum absolute atomic E-state index is 12.4. The van der Waals surface area contributed by atoms with E-state index < -0.39 is 0 Å². The van der Waals surface area contributed by atoms with E-state index in [1.165, 1.54) is 12.8 Å². The van der Waals surface area contributed by atoms with Crippen LogP contribution in [0.4, 0.5) is 5.69 Å². The van der Waals surface area contributed by atoms with E-state index in [2.05, 4.69) is 21.2 Å². The third-order valence-electron chi connectivity index (χ3n) is 4.14. The van der Waals surface area contributed by atoms with Crippen molar-refractivity contribution in [2.24, 2.45) is 0 Å². The van der Waals surface area contributed by atoms with Crippen LogP contribution in [-0.4, -0.2) is 19.1 Å². The zero-order valence-corrected chi connectivity index (χ0v) is 15.1. The second-order valence-corrected chi connectivity index (χ2v) is 6.70. The molecule has 0 aromatic heterocycles. The average Bonchev–Trinajstić information content (AvgIpc) is 3.10. The first-order valence-corrected chi connectivity index (χ1v) is 8.86. The molecule has 24 heavy (non-hydrogen) atoms. The van der Waals surface area contributed by atoms with Crippen molar-refractivity contribution in [1.82, 2.24) is 0 Å². The Morgan fingerprint density at radius 1 is 1.08 bits per heavy atom. The molecule has 3 rings (SSSR count). The molecule has 0 aliphatic heterocycles. The number of benzene rings is 2. The van der Waals surface area contributed by atoms with Gasteiger partial charge in [0.15, 0.2) is 0 Å². The Labute approximate surface area is 150 Å². The van der Waals surface area contributed by atoms with Crippen LogP contribution >= 0.6 is 15.9 Å². The summed E-state index contributed by atoms with van der Waals surface area (Å²) in [5.74, 6) is 1.30. The molecule has 5 heteroatoms. The molecule has 0 radical (unpaired) electrons. The maximum Gasteiger partial charge on any atom is 0.256 e. The van der Waals surface area contributed by atoms with Gasteiger partial charge in [-0.2, -0.15) is 0 Å². The molecule has 1 aliphatic carbocycles. The summed E-state index contributed by atoms with van der Waals surface area (Å²) in [6.07, 6.45) is 5.07. The summed E-state index contributed by atoms with van der Waals surface area (Å²) in [6.45, 7) is 0. The van der Waals surface area contributed by atoms with E-state index in [4.69, 9.17) is 9.47 Å². The monoisotopic (exact) mass is 389 g/mol. The predicted octanol–water partition coefficient (Wildman–Crippen LogP) is 5.03. The molecule has 0 saturated heterocycles. The minimum atomic E-state index is -0.190. The van der Waals surface area contributed by atoms with Crippen LogP contribution in [0, 0.1) is 0 Å². The first-order valence-electron chi connectivity index (χ1n) is 8.07. The largest absolute Gasteiger partial charge is 0.497 e. The third kappa shape index (κ3) is 4.09. The Kier molecular flexibility index (Phi) is 5.41. The summed E-state index contributed by atoms with van der Waals surface area (Å²) in [5.41, 5.74) is 1.26. The van der Waals surface area contributed by atoms with Crippen LogP contribution in [-0.2, 0) is 0 Å². The number of hydrogen-bond acceptors (Lipinski definition) is 3. The summed E-state index contributed by atoms with van der Waals surface area (Å²) >= 11 is 3.40. The number of anilines is 1. The molecule has 0 heterocycles. The summed E-state index contributed by atoms with van der Waals surface area (Å²) in [7, 11) is 1.58. The zero-order chi connectivity index (χ0) is 16.9. The second-order valence-electron chi connectivity index (χ2n) is 5.85. The molecular weight excluding hydrogens is 370 g/mol. The van der Waals surface area contributed by atoms with Crippen LogP contribution < -0.4 is 14.8 Å². The fraction of sp³-hybridized carbons (Fsp3) is 0.316. The van der Waals surface area contributed by atoms with E-state index >= 15 is 0 Å². The first kappa shape index (κ1) is 16.8. The molecule has 1 saturated carbocycles. The van der Waals surface area contributed by atoms with Crippen LogP contribution in [0.1, 0.15) is 36.0 Å². The number of hydrogen-bond donors (Lipinski definition) is 1. The molecule has 2 aromatic carbocycles. The predicted molar refractivity (Wildman–Crippen MR) is 98.0 cm³/mol. The Hall–Kier alpha value is -2.01. The number of methoxy groups -OCH3 is 1. The highest BCUT2D eigenvalue weighted by Crippen LogP contribution is 2.26. The van der Waals surface area contributed by atoms with E-state index in [1.807, 2.05) is 24.3 Å². The van der Waals surface area contributed by atoms with Crippen molar-refractivity contribution < 1.29 is 14.3 Å². The maximum atomic E-state index is 12.4. The average molecular weight is 390 g/mol. The minimum Gasteiger partial charge on any atom is -0.497 e. The fourth-order valence-corrected chi connectivity index (χ4v) is 3.25. The van der Waals surface area contributed by atoms with E-state index in [0.29, 0.717) is 17.4 Å². The molecule has 0 bridgehead atoms. The minimum absolute atomic E-state index is 0.190. The molecule has 1 N–H and O–H groups in total. The lowest BCUT2D eigenvalue weighted by molar-refractivity contribution is 0.102. The molecule has 1 aliphatic rings. The molecular formula is C19H20BrNO3. The van der Waals surface area contributed by atoms with Gasteiger partial charge in [-0.05, 0) is 84.1 Å². The van der Waals surface area contributed by atoms with Gasteiger partial charge in [-0.3, -0.25) is 4.79 Å².